The molecule has 0 aliphatic carbocycles. The van der Waals surface area contributed by atoms with Gasteiger partial charge in [0.25, 0.3) is 0 Å². The zero-order chi connectivity index (χ0) is 13.5. The molecule has 0 spiro atoms. The lowest BCUT2D eigenvalue weighted by atomic mass is 10.0. The van der Waals surface area contributed by atoms with E-state index in [4.69, 9.17) is 5.26 Å². The molecule has 108 valence electrons. The highest BCUT2D eigenvalue weighted by Crippen LogP contribution is 2.12. The Kier molecular flexibility index (Phi) is 14.0. The molecule has 0 unspecified atom stereocenters. The lowest BCUT2D eigenvalue weighted by Crippen LogP contribution is -1.99. The summed E-state index contributed by atoms with van der Waals surface area (Å²) in [5.74, 6) is -0.512. The van der Waals surface area contributed by atoms with Crippen LogP contribution in [0.25, 0.3) is 0 Å². The number of carbonyl (C=O) groups is 1. The third-order valence-electron chi connectivity index (χ3n) is 3.34. The molecule has 0 rings (SSSR count). The Morgan fingerprint density at radius 1 is 0.778 bits per heavy atom. The lowest BCUT2D eigenvalue weighted by molar-refractivity contribution is -0.234. The summed E-state index contributed by atoms with van der Waals surface area (Å²) >= 11 is 0. The van der Waals surface area contributed by atoms with Crippen molar-refractivity contribution in [2.75, 3.05) is 0 Å². The maximum Gasteiger partial charge on any atom is 0.342 e. The molecule has 1 N–H and O–H groups in total. The van der Waals surface area contributed by atoms with Crippen LogP contribution in [0.3, 0.4) is 0 Å². The van der Waals surface area contributed by atoms with Crippen molar-refractivity contribution in [3.63, 3.8) is 0 Å². The van der Waals surface area contributed by atoms with E-state index in [1.807, 2.05) is 0 Å². The fraction of sp³-hybridized carbons (Fsp3) is 0.933. The van der Waals surface area contributed by atoms with Gasteiger partial charge in [-0.3, -0.25) is 0 Å². The van der Waals surface area contributed by atoms with Crippen molar-refractivity contribution in [3.8, 4) is 0 Å². The highest BCUT2D eigenvalue weighted by molar-refractivity contribution is 5.68. The third kappa shape index (κ3) is 13.5. The highest BCUT2D eigenvalue weighted by atomic mass is 17.1. The van der Waals surface area contributed by atoms with Crippen molar-refractivity contribution in [1.82, 2.24) is 0 Å². The number of rotatable bonds is 13. The molecule has 3 heteroatoms. The minimum atomic E-state index is -0.512. The van der Waals surface area contributed by atoms with Crippen LogP contribution in [0.15, 0.2) is 0 Å². The summed E-state index contributed by atoms with van der Waals surface area (Å²) in [4.78, 5) is 14.2. The summed E-state index contributed by atoms with van der Waals surface area (Å²) in [5.41, 5.74) is 0. The van der Waals surface area contributed by atoms with E-state index in [1.54, 1.807) is 0 Å². The summed E-state index contributed by atoms with van der Waals surface area (Å²) in [5, 5.41) is 8.06. The molecule has 0 fully saturated rings. The molecule has 0 aromatic rings. The van der Waals surface area contributed by atoms with E-state index < -0.39 is 5.97 Å². The Morgan fingerprint density at radius 3 is 1.56 bits per heavy atom. The van der Waals surface area contributed by atoms with Crippen molar-refractivity contribution in [3.05, 3.63) is 0 Å². The molecule has 3 nitrogen and oxygen atoms in total. The second-order valence-corrected chi connectivity index (χ2v) is 5.10. The van der Waals surface area contributed by atoms with Crippen LogP contribution >= 0.6 is 0 Å². The molecule has 0 aliphatic heterocycles. The van der Waals surface area contributed by atoms with Gasteiger partial charge in [-0.25, -0.2) is 4.79 Å². The fourth-order valence-electron chi connectivity index (χ4n) is 2.16. The summed E-state index contributed by atoms with van der Waals surface area (Å²) < 4.78 is 0. The summed E-state index contributed by atoms with van der Waals surface area (Å²) in [6.07, 6.45) is 15.6. The highest BCUT2D eigenvalue weighted by Gasteiger charge is 2.00. The molecule has 0 saturated carbocycles. The van der Waals surface area contributed by atoms with Gasteiger partial charge in [0.15, 0.2) is 0 Å². The lowest BCUT2D eigenvalue weighted by Gasteiger charge is -2.02. The molecule has 0 amide bonds. The standard InChI is InChI=1S/C15H30O3/c1-2-3-4-5-6-7-8-9-10-11-12-13-14-15(16)18-17/h17H,2-14H2,1H3. The summed E-state index contributed by atoms with van der Waals surface area (Å²) in [6.45, 7) is 2.25. The number of unbranched alkanes of at least 4 members (excludes halogenated alkanes) is 11. The number of carbonyl (C=O) groups excluding carboxylic acids is 1. The minimum Gasteiger partial charge on any atom is -0.301 e. The zero-order valence-electron chi connectivity index (χ0n) is 12.0. The van der Waals surface area contributed by atoms with Gasteiger partial charge in [0.1, 0.15) is 0 Å². The molecule has 0 radical (unpaired) electrons. The maximum atomic E-state index is 10.6. The Hall–Kier alpha value is -0.570. The molecular weight excluding hydrogens is 228 g/mol. The monoisotopic (exact) mass is 258 g/mol. The average molecular weight is 258 g/mol. The molecular formula is C15H30O3. The Morgan fingerprint density at radius 2 is 1.17 bits per heavy atom. The fourth-order valence-corrected chi connectivity index (χ4v) is 2.16. The van der Waals surface area contributed by atoms with Crippen LogP contribution in [-0.2, 0) is 9.68 Å². The van der Waals surface area contributed by atoms with Crippen LogP contribution in [0.4, 0.5) is 0 Å². The molecule has 18 heavy (non-hydrogen) atoms. The molecule has 0 bridgehead atoms. The Labute approximate surface area is 112 Å². The van der Waals surface area contributed by atoms with Crippen LogP contribution in [-0.4, -0.2) is 11.2 Å². The average Bonchev–Trinajstić information content (AvgIpc) is 2.39. The number of hydrogen-bond acceptors (Lipinski definition) is 3. The first-order chi connectivity index (χ1) is 8.81. The van der Waals surface area contributed by atoms with Crippen molar-refractivity contribution in [2.24, 2.45) is 0 Å². The summed E-state index contributed by atoms with van der Waals surface area (Å²) in [7, 11) is 0. The molecule has 0 saturated heterocycles. The van der Waals surface area contributed by atoms with Crippen molar-refractivity contribution >= 4 is 5.97 Å². The van der Waals surface area contributed by atoms with E-state index in [-0.39, 0.29) is 0 Å². The predicted octanol–water partition coefficient (Wildman–Crippen LogP) is 5.09. The minimum absolute atomic E-state index is 0.341. The first kappa shape index (κ1) is 17.4. The van der Waals surface area contributed by atoms with Crippen LogP contribution < -0.4 is 0 Å². The third-order valence-corrected chi connectivity index (χ3v) is 3.34. The quantitative estimate of drug-likeness (QED) is 0.284. The van der Waals surface area contributed by atoms with Crippen molar-refractivity contribution in [1.29, 1.82) is 0 Å². The smallest absolute Gasteiger partial charge is 0.301 e. The molecule has 0 atom stereocenters. The van der Waals surface area contributed by atoms with Gasteiger partial charge in [0.2, 0.25) is 0 Å². The van der Waals surface area contributed by atoms with E-state index >= 15 is 0 Å². The SMILES string of the molecule is CCCCCCCCCCCCCCC(=O)OO. The van der Waals surface area contributed by atoms with Gasteiger partial charge in [-0.1, -0.05) is 77.6 Å². The van der Waals surface area contributed by atoms with Crippen molar-refractivity contribution in [2.45, 2.75) is 90.4 Å². The molecule has 0 aliphatic rings. The van der Waals surface area contributed by atoms with E-state index in [0.29, 0.717) is 6.42 Å². The van der Waals surface area contributed by atoms with Gasteiger partial charge >= 0.3 is 5.97 Å². The molecule has 0 aromatic carbocycles. The normalized spacial score (nSPS) is 10.6. The first-order valence-electron chi connectivity index (χ1n) is 7.65. The van der Waals surface area contributed by atoms with Crippen LogP contribution in [0.2, 0.25) is 0 Å². The van der Waals surface area contributed by atoms with Crippen molar-refractivity contribution < 1.29 is 14.9 Å². The Bertz CT molecular complexity index is 181. The first-order valence-corrected chi connectivity index (χ1v) is 7.65. The molecule has 0 heterocycles. The van der Waals surface area contributed by atoms with Gasteiger partial charge < -0.3 is 4.89 Å². The van der Waals surface area contributed by atoms with Gasteiger partial charge in [0, 0.05) is 6.42 Å². The van der Waals surface area contributed by atoms with Gasteiger partial charge in [-0.15, -0.1) is 0 Å². The number of hydrogen-bond donors (Lipinski definition) is 1. The van der Waals surface area contributed by atoms with Crippen LogP contribution in [0.5, 0.6) is 0 Å². The van der Waals surface area contributed by atoms with E-state index in [0.717, 1.165) is 12.8 Å². The predicted molar refractivity (Wildman–Crippen MR) is 74.4 cm³/mol. The van der Waals surface area contributed by atoms with E-state index in [9.17, 15) is 4.79 Å². The van der Waals surface area contributed by atoms with E-state index in [2.05, 4.69) is 11.8 Å². The van der Waals surface area contributed by atoms with Crippen LogP contribution in [0.1, 0.15) is 90.4 Å². The van der Waals surface area contributed by atoms with Gasteiger partial charge in [-0.05, 0) is 6.42 Å². The maximum absolute atomic E-state index is 10.6. The second kappa shape index (κ2) is 14.5. The van der Waals surface area contributed by atoms with Crippen LogP contribution in [0, 0.1) is 0 Å². The second-order valence-electron chi connectivity index (χ2n) is 5.10. The van der Waals surface area contributed by atoms with E-state index in [1.165, 1.54) is 64.2 Å². The Balaban J connectivity index is 2.97. The van der Waals surface area contributed by atoms with Gasteiger partial charge in [0.05, 0.1) is 0 Å². The molecule has 0 aromatic heterocycles. The topological polar surface area (TPSA) is 46.5 Å². The summed E-state index contributed by atoms with van der Waals surface area (Å²) in [6, 6.07) is 0. The zero-order valence-corrected chi connectivity index (χ0v) is 12.0. The largest absolute Gasteiger partial charge is 0.342 e. The van der Waals surface area contributed by atoms with Gasteiger partial charge in [-0.2, -0.15) is 5.26 Å².